The Bertz CT molecular complexity index is 392. The summed E-state index contributed by atoms with van der Waals surface area (Å²) < 4.78 is 0. The molecule has 0 N–H and O–H groups in total. The van der Waals surface area contributed by atoms with Crippen molar-refractivity contribution in [3.05, 3.63) is 0 Å². The van der Waals surface area contributed by atoms with Gasteiger partial charge in [-0.1, -0.05) is 34.1 Å². The summed E-state index contributed by atoms with van der Waals surface area (Å²) in [6.07, 6.45) is 11.1. The Kier molecular flexibility index (Phi) is 3.34. The zero-order valence-electron chi connectivity index (χ0n) is 13.9. The smallest absolute Gasteiger partial charge is 0.133 e. The molecule has 0 spiro atoms. The highest BCUT2D eigenvalue weighted by Crippen LogP contribution is 2.70. The van der Waals surface area contributed by atoms with Gasteiger partial charge < -0.3 is 0 Å². The fourth-order valence-electron chi connectivity index (χ4n) is 6.90. The number of hydrogen-bond acceptors (Lipinski definition) is 1. The van der Waals surface area contributed by atoms with Crippen molar-refractivity contribution < 1.29 is 4.79 Å². The first kappa shape index (κ1) is 14.6. The van der Waals surface area contributed by atoms with Gasteiger partial charge in [-0.15, -0.1) is 0 Å². The van der Waals surface area contributed by atoms with Crippen molar-refractivity contribution in [3.63, 3.8) is 0 Å². The van der Waals surface area contributed by atoms with E-state index >= 15 is 0 Å². The number of carbonyl (C=O) groups is 1. The van der Waals surface area contributed by atoms with Gasteiger partial charge in [0.1, 0.15) is 5.78 Å². The minimum absolute atomic E-state index is 0.382. The Balaban J connectivity index is 1.74. The molecule has 4 rings (SSSR count). The first-order chi connectivity index (χ1) is 9.26. The molecule has 0 saturated heterocycles. The van der Waals surface area contributed by atoms with Crippen LogP contribution in [0.5, 0.6) is 0 Å². The largest absolute Gasteiger partial charge is 0.300 e. The second kappa shape index (κ2) is 4.58. The minimum atomic E-state index is 0.382. The van der Waals surface area contributed by atoms with Gasteiger partial charge in [0.25, 0.3) is 0 Å². The van der Waals surface area contributed by atoms with Crippen LogP contribution in [0.3, 0.4) is 0 Å². The summed E-state index contributed by atoms with van der Waals surface area (Å²) in [5, 5.41) is 0. The van der Waals surface area contributed by atoms with Crippen LogP contribution in [0, 0.1) is 28.1 Å². The van der Waals surface area contributed by atoms with E-state index in [4.69, 9.17) is 0 Å². The average Bonchev–Trinajstić information content (AvgIpc) is 2.22. The SMILES string of the molecule is CCC(C)CC(=O)CC12CC3CC(C)(CC(C)(C3)C1)C2. The fourth-order valence-corrected chi connectivity index (χ4v) is 6.90. The number of rotatable bonds is 5. The third kappa shape index (κ3) is 2.57. The molecule has 3 unspecified atom stereocenters. The lowest BCUT2D eigenvalue weighted by molar-refractivity contribution is -0.155. The van der Waals surface area contributed by atoms with Crippen molar-refractivity contribution in [2.24, 2.45) is 28.1 Å². The normalized spacial score (nSPS) is 47.5. The Hall–Kier alpha value is -0.330. The van der Waals surface area contributed by atoms with Gasteiger partial charge >= 0.3 is 0 Å². The third-order valence-corrected chi connectivity index (χ3v) is 6.59. The lowest BCUT2D eigenvalue weighted by atomic mass is 9.39. The molecule has 0 aliphatic heterocycles. The summed E-state index contributed by atoms with van der Waals surface area (Å²) in [6, 6.07) is 0. The van der Waals surface area contributed by atoms with Gasteiger partial charge in [0.2, 0.25) is 0 Å². The molecule has 1 nitrogen and oxygen atoms in total. The molecular formula is C19H32O. The molecule has 4 bridgehead atoms. The van der Waals surface area contributed by atoms with Crippen LogP contribution in [0.2, 0.25) is 0 Å². The van der Waals surface area contributed by atoms with E-state index < -0.39 is 0 Å². The van der Waals surface area contributed by atoms with Crippen molar-refractivity contribution in [3.8, 4) is 0 Å². The van der Waals surface area contributed by atoms with Crippen LogP contribution in [-0.4, -0.2) is 5.78 Å². The standard InChI is InChI=1S/C19H32O/c1-5-14(2)6-16(20)10-19-9-15-7-17(3,12-19)11-18(4,8-15)13-19/h14-15H,5-13H2,1-4H3. The molecule has 0 heterocycles. The summed E-state index contributed by atoms with van der Waals surface area (Å²) in [5.41, 5.74) is 1.48. The van der Waals surface area contributed by atoms with Crippen LogP contribution in [0.1, 0.15) is 85.5 Å². The number of Topliss-reactive ketones (excluding diaryl/α,β-unsaturated/α-hetero) is 1. The highest BCUT2D eigenvalue weighted by molar-refractivity contribution is 5.79. The van der Waals surface area contributed by atoms with Gasteiger partial charge in [0.05, 0.1) is 0 Å². The van der Waals surface area contributed by atoms with Gasteiger partial charge in [-0.2, -0.15) is 0 Å². The molecule has 3 atom stereocenters. The number of ketones is 1. The molecule has 0 radical (unpaired) electrons. The Morgan fingerprint density at radius 3 is 2.20 bits per heavy atom. The maximum absolute atomic E-state index is 12.5. The molecular weight excluding hydrogens is 244 g/mol. The van der Waals surface area contributed by atoms with E-state index in [2.05, 4.69) is 27.7 Å². The number of carbonyl (C=O) groups excluding carboxylic acids is 1. The molecule has 0 aromatic carbocycles. The zero-order chi connectivity index (χ0) is 14.6. The van der Waals surface area contributed by atoms with Gasteiger partial charge in [-0.05, 0) is 66.6 Å². The average molecular weight is 276 g/mol. The first-order valence-corrected chi connectivity index (χ1v) is 8.77. The topological polar surface area (TPSA) is 17.1 Å². The highest BCUT2D eigenvalue weighted by Gasteiger charge is 2.60. The fraction of sp³-hybridized carbons (Fsp3) is 0.947. The lowest BCUT2D eigenvalue weighted by Gasteiger charge is -2.65. The van der Waals surface area contributed by atoms with E-state index in [0.717, 1.165) is 25.2 Å². The van der Waals surface area contributed by atoms with Crippen molar-refractivity contribution in [1.82, 2.24) is 0 Å². The second-order valence-electron chi connectivity index (χ2n) is 9.56. The van der Waals surface area contributed by atoms with Crippen molar-refractivity contribution >= 4 is 5.78 Å². The molecule has 0 aromatic heterocycles. The molecule has 1 heteroatoms. The Morgan fingerprint density at radius 1 is 1.10 bits per heavy atom. The highest BCUT2D eigenvalue weighted by atomic mass is 16.1. The van der Waals surface area contributed by atoms with Crippen LogP contribution in [0.15, 0.2) is 0 Å². The van der Waals surface area contributed by atoms with Crippen LogP contribution in [0.4, 0.5) is 0 Å². The Morgan fingerprint density at radius 2 is 1.70 bits per heavy atom. The predicted molar refractivity (Wildman–Crippen MR) is 83.5 cm³/mol. The summed E-state index contributed by atoms with van der Waals surface area (Å²) in [7, 11) is 0. The minimum Gasteiger partial charge on any atom is -0.300 e. The van der Waals surface area contributed by atoms with E-state index in [1.165, 1.54) is 38.5 Å². The molecule has 4 aliphatic carbocycles. The van der Waals surface area contributed by atoms with Crippen LogP contribution >= 0.6 is 0 Å². The molecule has 0 amide bonds. The van der Waals surface area contributed by atoms with E-state index in [-0.39, 0.29) is 0 Å². The van der Waals surface area contributed by atoms with Gasteiger partial charge in [0, 0.05) is 12.8 Å². The van der Waals surface area contributed by atoms with Crippen molar-refractivity contribution in [2.45, 2.75) is 85.5 Å². The molecule has 114 valence electrons. The van der Waals surface area contributed by atoms with Crippen molar-refractivity contribution in [2.75, 3.05) is 0 Å². The summed E-state index contributed by atoms with van der Waals surface area (Å²) in [6.45, 7) is 9.43. The van der Waals surface area contributed by atoms with E-state index in [9.17, 15) is 4.79 Å². The van der Waals surface area contributed by atoms with Gasteiger partial charge in [-0.3, -0.25) is 4.79 Å². The summed E-state index contributed by atoms with van der Waals surface area (Å²) in [5.74, 6) is 2.04. The first-order valence-electron chi connectivity index (χ1n) is 8.77. The lowest BCUT2D eigenvalue weighted by Crippen LogP contribution is -2.55. The second-order valence-corrected chi connectivity index (χ2v) is 9.56. The summed E-state index contributed by atoms with van der Waals surface area (Å²) in [4.78, 5) is 12.5. The van der Waals surface area contributed by atoms with Crippen molar-refractivity contribution in [1.29, 1.82) is 0 Å². The third-order valence-electron chi connectivity index (χ3n) is 6.59. The van der Waals surface area contributed by atoms with E-state index in [1.54, 1.807) is 0 Å². The summed E-state index contributed by atoms with van der Waals surface area (Å²) >= 11 is 0. The zero-order valence-corrected chi connectivity index (χ0v) is 13.9. The van der Waals surface area contributed by atoms with Gasteiger partial charge in [0.15, 0.2) is 0 Å². The monoisotopic (exact) mass is 276 g/mol. The quantitative estimate of drug-likeness (QED) is 0.659. The van der Waals surface area contributed by atoms with Crippen LogP contribution in [-0.2, 0) is 4.79 Å². The van der Waals surface area contributed by atoms with Gasteiger partial charge in [-0.25, -0.2) is 0 Å². The van der Waals surface area contributed by atoms with Crippen LogP contribution < -0.4 is 0 Å². The van der Waals surface area contributed by atoms with Crippen LogP contribution in [0.25, 0.3) is 0 Å². The van der Waals surface area contributed by atoms with E-state index in [1.807, 2.05) is 0 Å². The van der Waals surface area contributed by atoms with E-state index in [0.29, 0.717) is 27.9 Å². The molecule has 0 aromatic rings. The Labute approximate surface area is 124 Å². The molecule has 20 heavy (non-hydrogen) atoms. The maximum atomic E-state index is 12.5. The molecule has 4 saturated carbocycles. The number of hydrogen-bond donors (Lipinski definition) is 0. The maximum Gasteiger partial charge on any atom is 0.133 e. The molecule has 4 aliphatic rings. The predicted octanol–water partition coefficient (Wildman–Crippen LogP) is 5.38. The molecule has 4 fully saturated rings.